The van der Waals surface area contributed by atoms with Crippen molar-refractivity contribution >= 4 is 23.4 Å². The SMILES string of the molecule is O=C(O)CCSc1cc([N+](=O)[O-])ccn1. The molecule has 0 aliphatic rings. The highest BCUT2D eigenvalue weighted by molar-refractivity contribution is 7.99. The van der Waals surface area contributed by atoms with Gasteiger partial charge in [-0.25, -0.2) is 4.98 Å². The van der Waals surface area contributed by atoms with E-state index in [4.69, 9.17) is 5.11 Å². The molecule has 7 heteroatoms. The molecule has 1 N–H and O–H groups in total. The third kappa shape index (κ3) is 3.94. The molecule has 0 aromatic carbocycles. The van der Waals surface area contributed by atoms with Crippen LogP contribution in [0.3, 0.4) is 0 Å². The molecule has 1 aromatic heterocycles. The number of nitrogens with zero attached hydrogens (tertiary/aromatic N) is 2. The lowest BCUT2D eigenvalue weighted by Gasteiger charge is -1.97. The quantitative estimate of drug-likeness (QED) is 0.467. The molecule has 0 radical (unpaired) electrons. The van der Waals surface area contributed by atoms with Crippen LogP contribution in [0, 0.1) is 10.1 Å². The third-order valence-corrected chi connectivity index (χ3v) is 2.42. The summed E-state index contributed by atoms with van der Waals surface area (Å²) in [5.74, 6) is -0.545. The van der Waals surface area contributed by atoms with E-state index in [2.05, 4.69) is 4.98 Å². The highest BCUT2D eigenvalue weighted by Gasteiger charge is 2.07. The second kappa shape index (κ2) is 5.30. The van der Waals surface area contributed by atoms with Gasteiger partial charge in [0.1, 0.15) is 5.03 Å². The van der Waals surface area contributed by atoms with Gasteiger partial charge in [-0.05, 0) is 0 Å². The minimum atomic E-state index is -0.895. The predicted octanol–water partition coefficient (Wildman–Crippen LogP) is 1.56. The first-order chi connectivity index (χ1) is 7.09. The van der Waals surface area contributed by atoms with E-state index in [0.717, 1.165) is 0 Å². The highest BCUT2D eigenvalue weighted by Crippen LogP contribution is 2.20. The van der Waals surface area contributed by atoms with Crippen LogP contribution in [0.25, 0.3) is 0 Å². The van der Waals surface area contributed by atoms with Crippen LogP contribution >= 0.6 is 11.8 Å². The van der Waals surface area contributed by atoms with Crippen molar-refractivity contribution < 1.29 is 14.8 Å². The average Bonchev–Trinajstić information content (AvgIpc) is 2.17. The molecule has 0 fully saturated rings. The van der Waals surface area contributed by atoms with Crippen LogP contribution in [0.4, 0.5) is 5.69 Å². The maximum absolute atomic E-state index is 10.4. The van der Waals surface area contributed by atoms with Crippen LogP contribution in [0.15, 0.2) is 23.4 Å². The molecule has 0 saturated heterocycles. The van der Waals surface area contributed by atoms with Gasteiger partial charge in [-0.1, -0.05) is 0 Å². The van der Waals surface area contributed by atoms with Gasteiger partial charge in [0.15, 0.2) is 0 Å². The van der Waals surface area contributed by atoms with Gasteiger partial charge in [-0.3, -0.25) is 14.9 Å². The molecular weight excluding hydrogens is 220 g/mol. The number of aromatic nitrogens is 1. The van der Waals surface area contributed by atoms with E-state index in [0.29, 0.717) is 10.8 Å². The van der Waals surface area contributed by atoms with E-state index in [1.165, 1.54) is 30.1 Å². The van der Waals surface area contributed by atoms with Crippen LogP contribution in [-0.2, 0) is 4.79 Å². The first kappa shape index (κ1) is 11.4. The Hall–Kier alpha value is -1.63. The monoisotopic (exact) mass is 228 g/mol. The van der Waals surface area contributed by atoms with Crippen molar-refractivity contribution in [1.29, 1.82) is 0 Å². The molecule has 0 atom stereocenters. The zero-order valence-electron chi connectivity index (χ0n) is 7.62. The van der Waals surface area contributed by atoms with Gasteiger partial charge in [0.05, 0.1) is 11.3 Å². The molecule has 15 heavy (non-hydrogen) atoms. The Labute approximate surface area is 89.5 Å². The summed E-state index contributed by atoms with van der Waals surface area (Å²) in [7, 11) is 0. The van der Waals surface area contributed by atoms with Gasteiger partial charge in [-0.2, -0.15) is 0 Å². The summed E-state index contributed by atoms with van der Waals surface area (Å²) >= 11 is 1.18. The van der Waals surface area contributed by atoms with Crippen LogP contribution in [0.2, 0.25) is 0 Å². The molecule has 0 amide bonds. The molecule has 0 aliphatic carbocycles. The van der Waals surface area contributed by atoms with Gasteiger partial charge in [0.2, 0.25) is 0 Å². The molecule has 6 nitrogen and oxygen atoms in total. The zero-order valence-corrected chi connectivity index (χ0v) is 8.44. The molecule has 0 spiro atoms. The van der Waals surface area contributed by atoms with Crippen molar-refractivity contribution in [3.8, 4) is 0 Å². The van der Waals surface area contributed by atoms with E-state index in [1.54, 1.807) is 0 Å². The van der Waals surface area contributed by atoms with Crippen molar-refractivity contribution in [3.63, 3.8) is 0 Å². The number of rotatable bonds is 5. The number of hydrogen-bond acceptors (Lipinski definition) is 5. The fourth-order valence-corrected chi connectivity index (χ4v) is 1.66. The third-order valence-electron chi connectivity index (χ3n) is 1.50. The van der Waals surface area contributed by atoms with E-state index < -0.39 is 10.9 Å². The summed E-state index contributed by atoms with van der Waals surface area (Å²) in [6, 6.07) is 2.62. The summed E-state index contributed by atoms with van der Waals surface area (Å²) in [6.45, 7) is 0. The van der Waals surface area contributed by atoms with Crippen LogP contribution in [0.5, 0.6) is 0 Å². The molecule has 0 aliphatic heterocycles. The van der Waals surface area contributed by atoms with E-state index in [9.17, 15) is 14.9 Å². The maximum atomic E-state index is 10.4. The van der Waals surface area contributed by atoms with Gasteiger partial charge in [0.25, 0.3) is 5.69 Å². The summed E-state index contributed by atoms with van der Waals surface area (Å²) in [5, 5.41) is 19.3. The minimum absolute atomic E-state index is 0.00897. The number of carboxylic acid groups (broad SMARTS) is 1. The standard InChI is InChI=1S/C8H8N2O4S/c11-8(12)2-4-15-7-5-6(10(13)14)1-3-9-7/h1,3,5H,2,4H2,(H,11,12). The molecule has 80 valence electrons. The minimum Gasteiger partial charge on any atom is -0.481 e. The number of carboxylic acids is 1. The van der Waals surface area contributed by atoms with Crippen molar-refractivity contribution in [1.82, 2.24) is 4.98 Å². The topological polar surface area (TPSA) is 93.3 Å². The Bertz CT molecular complexity index is 383. The number of aliphatic carboxylic acids is 1. The Balaban J connectivity index is 2.58. The lowest BCUT2D eigenvalue weighted by atomic mass is 10.4. The fraction of sp³-hybridized carbons (Fsp3) is 0.250. The van der Waals surface area contributed by atoms with Crippen molar-refractivity contribution in [2.75, 3.05) is 5.75 Å². The summed E-state index contributed by atoms with van der Waals surface area (Å²) in [4.78, 5) is 24.0. The van der Waals surface area contributed by atoms with Crippen LogP contribution in [-0.4, -0.2) is 26.7 Å². The first-order valence-corrected chi connectivity index (χ1v) is 5.03. The highest BCUT2D eigenvalue weighted by atomic mass is 32.2. The lowest BCUT2D eigenvalue weighted by Crippen LogP contribution is -1.96. The van der Waals surface area contributed by atoms with Crippen molar-refractivity contribution in [3.05, 3.63) is 28.4 Å². The van der Waals surface area contributed by atoms with E-state index >= 15 is 0 Å². The smallest absolute Gasteiger partial charge is 0.304 e. The number of carbonyl (C=O) groups is 1. The van der Waals surface area contributed by atoms with Crippen molar-refractivity contribution in [2.45, 2.75) is 11.4 Å². The average molecular weight is 228 g/mol. The first-order valence-electron chi connectivity index (χ1n) is 4.04. The van der Waals surface area contributed by atoms with Gasteiger partial charge in [0, 0.05) is 24.1 Å². The summed E-state index contributed by atoms with van der Waals surface area (Å²) < 4.78 is 0. The Morgan fingerprint density at radius 1 is 1.67 bits per heavy atom. The predicted molar refractivity (Wildman–Crippen MR) is 53.9 cm³/mol. The second-order valence-electron chi connectivity index (χ2n) is 2.60. The lowest BCUT2D eigenvalue weighted by molar-refractivity contribution is -0.385. The Kier molecular flexibility index (Phi) is 4.04. The van der Waals surface area contributed by atoms with Gasteiger partial charge < -0.3 is 5.11 Å². The number of thioether (sulfide) groups is 1. The molecule has 0 bridgehead atoms. The molecule has 0 unspecified atom stereocenters. The summed E-state index contributed by atoms with van der Waals surface area (Å²) in [5.41, 5.74) is -0.0391. The summed E-state index contributed by atoms with van der Waals surface area (Å²) in [6.07, 6.45) is 1.34. The number of hydrogen-bond donors (Lipinski definition) is 1. The van der Waals surface area contributed by atoms with Crippen molar-refractivity contribution in [2.24, 2.45) is 0 Å². The molecule has 1 heterocycles. The van der Waals surface area contributed by atoms with Crippen LogP contribution in [0.1, 0.15) is 6.42 Å². The Morgan fingerprint density at radius 2 is 2.40 bits per heavy atom. The van der Waals surface area contributed by atoms with E-state index in [-0.39, 0.29) is 12.1 Å². The van der Waals surface area contributed by atoms with Crippen LogP contribution < -0.4 is 0 Å². The van der Waals surface area contributed by atoms with Gasteiger partial charge in [-0.15, -0.1) is 11.8 Å². The zero-order chi connectivity index (χ0) is 11.3. The number of pyridine rings is 1. The fourth-order valence-electron chi connectivity index (χ4n) is 0.834. The van der Waals surface area contributed by atoms with E-state index in [1.807, 2.05) is 0 Å². The normalized spacial score (nSPS) is 9.87. The number of nitro groups is 1. The maximum Gasteiger partial charge on any atom is 0.304 e. The Morgan fingerprint density at radius 3 is 3.00 bits per heavy atom. The second-order valence-corrected chi connectivity index (χ2v) is 3.72. The molecule has 1 rings (SSSR count). The van der Waals surface area contributed by atoms with Gasteiger partial charge >= 0.3 is 5.97 Å². The molecule has 1 aromatic rings. The largest absolute Gasteiger partial charge is 0.481 e. The molecule has 0 saturated carbocycles. The molecular formula is C8H8N2O4S.